The summed E-state index contributed by atoms with van der Waals surface area (Å²) in [6.45, 7) is -0.203. The molecule has 0 bridgehead atoms. The summed E-state index contributed by atoms with van der Waals surface area (Å²) in [5, 5.41) is 0.232. The molecule has 0 aromatic carbocycles. The summed E-state index contributed by atoms with van der Waals surface area (Å²) < 4.78 is 12.9. The van der Waals surface area contributed by atoms with Gasteiger partial charge >= 0.3 is 0 Å². The molecule has 0 fully saturated rings. The lowest BCUT2D eigenvalue weighted by molar-refractivity contribution is -0.114. The molecule has 0 spiro atoms. The molecule has 54 valence electrons. The van der Waals surface area contributed by atoms with Gasteiger partial charge in [-0.3, -0.25) is 9.79 Å². The number of dihydropyridines is 1. The number of alkyl halides is 1. The fourth-order valence-corrected chi connectivity index (χ4v) is 0.709. The van der Waals surface area contributed by atoms with E-state index in [0.29, 0.717) is 0 Å². The molecule has 2 nitrogen and oxygen atoms in total. The van der Waals surface area contributed by atoms with Crippen LogP contribution in [0, 0.1) is 0 Å². The van der Waals surface area contributed by atoms with Crippen LogP contribution in [0.5, 0.6) is 0 Å². The Bertz CT molecular complexity index is 214. The van der Waals surface area contributed by atoms with Crippen LogP contribution in [0.1, 0.15) is 0 Å². The largest absolute Gasteiger partial charge is 0.299 e. The Morgan fingerprint density at radius 3 is 3.00 bits per heavy atom. The maximum Gasteiger partial charge on any atom is 0.203 e. The summed E-state index contributed by atoms with van der Waals surface area (Å²) in [5.74, 6) is 0. The van der Waals surface area contributed by atoms with E-state index < -0.39 is 5.67 Å². The molecule has 1 unspecified atom stereocenters. The van der Waals surface area contributed by atoms with Crippen LogP contribution in [0.15, 0.2) is 17.1 Å². The summed E-state index contributed by atoms with van der Waals surface area (Å²) in [7, 11) is 0. The zero-order chi connectivity index (χ0) is 7.61. The van der Waals surface area contributed by atoms with Crippen molar-refractivity contribution in [2.75, 3.05) is 6.54 Å². The standard InChI is InChI=1S/C6H5ClFNO/c7-5-1-2-6(8,4-10)3-9-5/h1-2,4H,3H2. The van der Waals surface area contributed by atoms with Gasteiger partial charge in [0.05, 0.1) is 6.54 Å². The van der Waals surface area contributed by atoms with E-state index in [1.807, 2.05) is 0 Å². The van der Waals surface area contributed by atoms with E-state index in [-0.39, 0.29) is 18.0 Å². The quantitative estimate of drug-likeness (QED) is 0.530. The SMILES string of the molecule is O=CC1(F)C=CC(Cl)=NC1. The molecule has 0 N–H and O–H groups in total. The molecule has 0 saturated carbocycles. The number of hydrogen-bond acceptors (Lipinski definition) is 2. The van der Waals surface area contributed by atoms with Crippen LogP contribution < -0.4 is 0 Å². The fourth-order valence-electron chi connectivity index (χ4n) is 0.586. The molecule has 1 rings (SSSR count). The normalized spacial score (nSPS) is 31.6. The summed E-state index contributed by atoms with van der Waals surface area (Å²) in [4.78, 5) is 13.6. The topological polar surface area (TPSA) is 29.4 Å². The van der Waals surface area contributed by atoms with Crippen LogP contribution in [-0.4, -0.2) is 23.7 Å². The predicted octanol–water partition coefficient (Wildman–Crippen LogP) is 1.10. The van der Waals surface area contributed by atoms with Gasteiger partial charge in [-0.1, -0.05) is 11.6 Å². The van der Waals surface area contributed by atoms with Crippen LogP contribution in [-0.2, 0) is 4.79 Å². The Morgan fingerprint density at radius 1 is 1.90 bits per heavy atom. The second kappa shape index (κ2) is 2.50. The van der Waals surface area contributed by atoms with Crippen molar-refractivity contribution in [3.05, 3.63) is 12.2 Å². The summed E-state index contributed by atoms with van der Waals surface area (Å²) >= 11 is 5.38. The molecule has 0 radical (unpaired) electrons. The molecule has 1 aliphatic heterocycles. The Morgan fingerprint density at radius 2 is 2.60 bits per heavy atom. The van der Waals surface area contributed by atoms with Gasteiger partial charge in [0.25, 0.3) is 0 Å². The average Bonchev–Trinajstić information content (AvgIpc) is 1.96. The van der Waals surface area contributed by atoms with E-state index in [2.05, 4.69) is 4.99 Å². The monoisotopic (exact) mass is 161 g/mol. The number of carbonyl (C=O) groups is 1. The average molecular weight is 162 g/mol. The highest BCUT2D eigenvalue weighted by atomic mass is 35.5. The summed E-state index contributed by atoms with van der Waals surface area (Å²) in [5.41, 5.74) is -1.93. The van der Waals surface area contributed by atoms with Gasteiger partial charge in [0.15, 0.2) is 6.29 Å². The van der Waals surface area contributed by atoms with Gasteiger partial charge in [0.2, 0.25) is 5.67 Å². The Labute approximate surface area is 62.4 Å². The van der Waals surface area contributed by atoms with Crippen LogP contribution in [0.3, 0.4) is 0 Å². The van der Waals surface area contributed by atoms with Crippen molar-refractivity contribution in [2.24, 2.45) is 4.99 Å². The highest BCUT2D eigenvalue weighted by molar-refractivity contribution is 6.68. The molecule has 0 amide bonds. The Balaban J connectivity index is 2.76. The van der Waals surface area contributed by atoms with E-state index in [0.717, 1.165) is 6.08 Å². The number of aldehydes is 1. The lowest BCUT2D eigenvalue weighted by Gasteiger charge is -2.13. The predicted molar refractivity (Wildman–Crippen MR) is 37.2 cm³/mol. The number of aliphatic imine (C=N–C) groups is 1. The van der Waals surface area contributed by atoms with E-state index >= 15 is 0 Å². The molecular formula is C6H5ClFNO. The second-order valence-electron chi connectivity index (χ2n) is 2.02. The maximum absolute atomic E-state index is 12.9. The minimum Gasteiger partial charge on any atom is -0.299 e. The van der Waals surface area contributed by atoms with Crippen molar-refractivity contribution < 1.29 is 9.18 Å². The van der Waals surface area contributed by atoms with Crippen molar-refractivity contribution >= 4 is 23.1 Å². The maximum atomic E-state index is 12.9. The molecule has 1 heterocycles. The number of nitrogens with zero attached hydrogens (tertiary/aromatic N) is 1. The van der Waals surface area contributed by atoms with Gasteiger partial charge in [-0.2, -0.15) is 0 Å². The van der Waals surface area contributed by atoms with Crippen molar-refractivity contribution in [3.8, 4) is 0 Å². The number of halogens is 2. The second-order valence-corrected chi connectivity index (χ2v) is 2.40. The lowest BCUT2D eigenvalue weighted by atomic mass is 10.1. The third-order valence-electron chi connectivity index (χ3n) is 1.17. The first kappa shape index (κ1) is 7.41. The molecule has 0 aliphatic carbocycles. The zero-order valence-electron chi connectivity index (χ0n) is 5.05. The number of allylic oxidation sites excluding steroid dienone is 1. The molecule has 4 heteroatoms. The molecule has 1 aliphatic rings. The van der Waals surface area contributed by atoms with E-state index in [4.69, 9.17) is 11.6 Å². The van der Waals surface area contributed by atoms with Gasteiger partial charge < -0.3 is 0 Å². The highest BCUT2D eigenvalue weighted by Crippen LogP contribution is 2.15. The summed E-state index contributed by atoms with van der Waals surface area (Å²) in [6, 6.07) is 0. The minimum absolute atomic E-state index is 0.203. The van der Waals surface area contributed by atoms with E-state index in [1.54, 1.807) is 0 Å². The van der Waals surface area contributed by atoms with Gasteiger partial charge in [-0.25, -0.2) is 4.39 Å². The Hall–Kier alpha value is -0.700. The third-order valence-corrected chi connectivity index (χ3v) is 1.41. The molecule has 0 aromatic heterocycles. The summed E-state index contributed by atoms with van der Waals surface area (Å²) in [6.07, 6.45) is 2.60. The van der Waals surface area contributed by atoms with Crippen LogP contribution in [0.2, 0.25) is 0 Å². The Kier molecular flexibility index (Phi) is 1.85. The van der Waals surface area contributed by atoms with E-state index in [9.17, 15) is 9.18 Å². The number of rotatable bonds is 1. The van der Waals surface area contributed by atoms with Gasteiger partial charge in [-0.05, 0) is 12.2 Å². The van der Waals surface area contributed by atoms with Crippen molar-refractivity contribution in [3.63, 3.8) is 0 Å². The van der Waals surface area contributed by atoms with Crippen LogP contribution in [0.25, 0.3) is 0 Å². The molecule has 10 heavy (non-hydrogen) atoms. The zero-order valence-corrected chi connectivity index (χ0v) is 5.81. The lowest BCUT2D eigenvalue weighted by Crippen LogP contribution is -2.28. The minimum atomic E-state index is -1.93. The first-order valence-electron chi connectivity index (χ1n) is 2.71. The van der Waals surface area contributed by atoms with Crippen molar-refractivity contribution in [1.82, 2.24) is 0 Å². The van der Waals surface area contributed by atoms with Crippen LogP contribution >= 0.6 is 11.6 Å². The molecule has 0 aromatic rings. The first-order chi connectivity index (χ1) is 4.66. The fraction of sp³-hybridized carbons (Fsp3) is 0.333. The van der Waals surface area contributed by atoms with Gasteiger partial charge in [0, 0.05) is 0 Å². The van der Waals surface area contributed by atoms with E-state index in [1.165, 1.54) is 6.08 Å². The van der Waals surface area contributed by atoms with Crippen molar-refractivity contribution in [1.29, 1.82) is 0 Å². The van der Waals surface area contributed by atoms with Gasteiger partial charge in [-0.15, -0.1) is 0 Å². The van der Waals surface area contributed by atoms with Gasteiger partial charge in [0.1, 0.15) is 5.17 Å². The third kappa shape index (κ3) is 1.42. The molecule has 0 saturated heterocycles. The smallest absolute Gasteiger partial charge is 0.203 e. The number of carbonyl (C=O) groups excluding carboxylic acids is 1. The highest BCUT2D eigenvalue weighted by Gasteiger charge is 2.27. The molecular weight excluding hydrogens is 157 g/mol. The molecule has 1 atom stereocenters. The number of hydrogen-bond donors (Lipinski definition) is 0. The first-order valence-corrected chi connectivity index (χ1v) is 3.08. The van der Waals surface area contributed by atoms with Crippen molar-refractivity contribution in [2.45, 2.75) is 5.67 Å². The van der Waals surface area contributed by atoms with Crippen LogP contribution in [0.4, 0.5) is 4.39 Å².